The van der Waals surface area contributed by atoms with Crippen LogP contribution in [0.25, 0.3) is 0 Å². The summed E-state index contributed by atoms with van der Waals surface area (Å²) in [5, 5.41) is 11.9. The van der Waals surface area contributed by atoms with E-state index in [1.54, 1.807) is 6.07 Å². The molecule has 0 bridgehead atoms. The van der Waals surface area contributed by atoms with E-state index in [0.29, 0.717) is 0 Å². The molecule has 1 heterocycles. The molecular formula is C11H12FNO2. The summed E-state index contributed by atoms with van der Waals surface area (Å²) in [4.78, 5) is 10.6. The fourth-order valence-corrected chi connectivity index (χ4v) is 1.89. The number of carbonyl (C=O) groups is 1. The van der Waals surface area contributed by atoms with Crippen molar-refractivity contribution in [2.24, 2.45) is 0 Å². The maximum Gasteiger partial charge on any atom is 0.338 e. The van der Waals surface area contributed by atoms with Crippen LogP contribution in [0.3, 0.4) is 0 Å². The number of carboxylic acid groups (broad SMARTS) is 1. The zero-order chi connectivity index (χ0) is 10.8. The molecule has 0 amide bonds. The van der Waals surface area contributed by atoms with Crippen LogP contribution in [0.4, 0.5) is 4.39 Å². The van der Waals surface area contributed by atoms with Crippen LogP contribution in [0.1, 0.15) is 34.8 Å². The summed E-state index contributed by atoms with van der Waals surface area (Å²) in [5.41, 5.74) is 0.562. The Kier molecular flexibility index (Phi) is 2.68. The van der Waals surface area contributed by atoms with Crippen LogP contribution in [-0.4, -0.2) is 17.6 Å². The number of halogens is 1. The molecule has 15 heavy (non-hydrogen) atoms. The first-order valence-electron chi connectivity index (χ1n) is 4.94. The number of nitrogens with one attached hydrogen (secondary N) is 1. The molecule has 3 nitrogen and oxygen atoms in total. The van der Waals surface area contributed by atoms with Crippen molar-refractivity contribution in [1.82, 2.24) is 5.32 Å². The van der Waals surface area contributed by atoms with E-state index in [-0.39, 0.29) is 11.6 Å². The van der Waals surface area contributed by atoms with E-state index in [2.05, 4.69) is 5.32 Å². The zero-order valence-electron chi connectivity index (χ0n) is 8.16. The minimum Gasteiger partial charge on any atom is -0.478 e. The fraction of sp³-hybridized carbons (Fsp3) is 0.364. The third kappa shape index (κ3) is 1.99. The maximum absolute atomic E-state index is 13.3. The number of carboxylic acids is 1. The van der Waals surface area contributed by atoms with Gasteiger partial charge in [-0.2, -0.15) is 0 Å². The van der Waals surface area contributed by atoms with Crippen molar-refractivity contribution >= 4 is 5.97 Å². The first-order valence-corrected chi connectivity index (χ1v) is 4.94. The lowest BCUT2D eigenvalue weighted by atomic mass is 10.0. The van der Waals surface area contributed by atoms with Crippen LogP contribution in [0.15, 0.2) is 18.2 Å². The predicted molar refractivity (Wildman–Crippen MR) is 53.3 cm³/mol. The second kappa shape index (κ2) is 3.98. The summed E-state index contributed by atoms with van der Waals surface area (Å²) in [6, 6.07) is 4.48. The summed E-state index contributed by atoms with van der Waals surface area (Å²) in [6.45, 7) is 0.937. The van der Waals surface area contributed by atoms with Crippen molar-refractivity contribution < 1.29 is 14.3 Å². The molecule has 0 aliphatic carbocycles. The Morgan fingerprint density at radius 3 is 2.87 bits per heavy atom. The molecule has 1 aliphatic rings. The second-order valence-electron chi connectivity index (χ2n) is 3.69. The van der Waals surface area contributed by atoms with Crippen molar-refractivity contribution in [2.45, 2.75) is 18.9 Å². The van der Waals surface area contributed by atoms with Crippen molar-refractivity contribution in [3.8, 4) is 0 Å². The van der Waals surface area contributed by atoms with E-state index in [1.165, 1.54) is 12.1 Å². The van der Waals surface area contributed by atoms with Crippen molar-refractivity contribution in [3.05, 3.63) is 35.1 Å². The minimum absolute atomic E-state index is 0.169. The Morgan fingerprint density at radius 1 is 1.53 bits per heavy atom. The van der Waals surface area contributed by atoms with Gasteiger partial charge in [-0.1, -0.05) is 6.07 Å². The number of aromatic carboxylic acids is 1. The number of hydrogen-bond acceptors (Lipinski definition) is 2. The molecule has 1 aromatic carbocycles. The van der Waals surface area contributed by atoms with E-state index in [0.717, 1.165) is 24.9 Å². The van der Waals surface area contributed by atoms with Gasteiger partial charge in [0.05, 0.1) is 5.56 Å². The van der Waals surface area contributed by atoms with E-state index >= 15 is 0 Å². The summed E-state index contributed by atoms with van der Waals surface area (Å²) in [6.07, 6.45) is 2.05. The highest BCUT2D eigenvalue weighted by molar-refractivity contribution is 5.87. The number of benzene rings is 1. The highest BCUT2D eigenvalue weighted by Crippen LogP contribution is 2.24. The third-order valence-corrected chi connectivity index (χ3v) is 2.69. The molecule has 1 aliphatic heterocycles. The lowest BCUT2D eigenvalue weighted by molar-refractivity contribution is 0.0692. The topological polar surface area (TPSA) is 49.3 Å². The normalized spacial score (nSPS) is 20.5. The van der Waals surface area contributed by atoms with Crippen LogP contribution < -0.4 is 5.32 Å². The molecule has 0 aromatic heterocycles. The highest BCUT2D eigenvalue weighted by atomic mass is 19.1. The molecule has 0 radical (unpaired) electrons. The molecule has 2 rings (SSSR count). The summed E-state index contributed by atoms with van der Waals surface area (Å²) in [5.74, 6) is -1.88. The maximum atomic E-state index is 13.3. The van der Waals surface area contributed by atoms with Gasteiger partial charge in [0.15, 0.2) is 0 Å². The van der Waals surface area contributed by atoms with Crippen LogP contribution in [-0.2, 0) is 0 Å². The molecule has 80 valence electrons. The van der Waals surface area contributed by atoms with Gasteiger partial charge in [0.2, 0.25) is 0 Å². The smallest absolute Gasteiger partial charge is 0.338 e. The Bertz CT molecular complexity index is 386. The SMILES string of the molecule is O=C(O)c1ccc([C@H]2CCCN2)cc1F. The molecule has 1 saturated heterocycles. The van der Waals surface area contributed by atoms with Gasteiger partial charge in [0, 0.05) is 6.04 Å². The van der Waals surface area contributed by atoms with E-state index < -0.39 is 11.8 Å². The van der Waals surface area contributed by atoms with E-state index in [4.69, 9.17) is 5.11 Å². The lowest BCUT2D eigenvalue weighted by Crippen LogP contribution is -2.13. The Hall–Kier alpha value is -1.42. The molecule has 2 N–H and O–H groups in total. The van der Waals surface area contributed by atoms with E-state index in [1.807, 2.05) is 0 Å². The van der Waals surface area contributed by atoms with Gasteiger partial charge in [-0.05, 0) is 37.1 Å². The summed E-state index contributed by atoms with van der Waals surface area (Å²) >= 11 is 0. The average Bonchev–Trinajstić information content (AvgIpc) is 2.69. The van der Waals surface area contributed by atoms with Gasteiger partial charge < -0.3 is 10.4 Å². The van der Waals surface area contributed by atoms with E-state index in [9.17, 15) is 9.18 Å². The van der Waals surface area contributed by atoms with Crippen LogP contribution >= 0.6 is 0 Å². The molecule has 1 atom stereocenters. The number of hydrogen-bond donors (Lipinski definition) is 2. The van der Waals surface area contributed by atoms with Crippen molar-refractivity contribution in [2.75, 3.05) is 6.54 Å². The third-order valence-electron chi connectivity index (χ3n) is 2.69. The molecule has 0 unspecified atom stereocenters. The largest absolute Gasteiger partial charge is 0.478 e. The van der Waals surface area contributed by atoms with Crippen molar-refractivity contribution in [3.63, 3.8) is 0 Å². The van der Waals surface area contributed by atoms with Gasteiger partial charge >= 0.3 is 5.97 Å². The summed E-state index contributed by atoms with van der Waals surface area (Å²) < 4.78 is 13.3. The average molecular weight is 209 g/mol. The Morgan fingerprint density at radius 2 is 2.33 bits per heavy atom. The number of rotatable bonds is 2. The Labute approximate surface area is 86.9 Å². The monoisotopic (exact) mass is 209 g/mol. The first kappa shape index (κ1) is 10.1. The molecular weight excluding hydrogens is 197 g/mol. The van der Waals surface area contributed by atoms with Crippen molar-refractivity contribution in [1.29, 1.82) is 0 Å². The highest BCUT2D eigenvalue weighted by Gasteiger charge is 2.18. The standard InChI is InChI=1S/C11H12FNO2/c12-9-6-7(10-2-1-5-13-10)3-4-8(9)11(14)15/h3-4,6,10,13H,1-2,5H2,(H,14,15)/t10-/m1/s1. The lowest BCUT2D eigenvalue weighted by Gasteiger charge is -2.10. The molecule has 0 spiro atoms. The van der Waals surface area contributed by atoms with Gasteiger partial charge in [0.25, 0.3) is 0 Å². The van der Waals surface area contributed by atoms with Gasteiger partial charge in [-0.15, -0.1) is 0 Å². The fourth-order valence-electron chi connectivity index (χ4n) is 1.89. The predicted octanol–water partition coefficient (Wildman–Crippen LogP) is 1.95. The molecule has 1 aromatic rings. The quantitative estimate of drug-likeness (QED) is 0.782. The van der Waals surface area contributed by atoms with Gasteiger partial charge in [-0.25, -0.2) is 9.18 Å². The second-order valence-corrected chi connectivity index (χ2v) is 3.69. The molecule has 4 heteroatoms. The molecule has 0 saturated carbocycles. The first-order chi connectivity index (χ1) is 7.18. The minimum atomic E-state index is -1.22. The van der Waals surface area contributed by atoms with Crippen LogP contribution in [0.2, 0.25) is 0 Å². The summed E-state index contributed by atoms with van der Waals surface area (Å²) in [7, 11) is 0. The zero-order valence-corrected chi connectivity index (χ0v) is 8.16. The molecule has 1 fully saturated rings. The Balaban J connectivity index is 2.28. The van der Waals surface area contributed by atoms with Crippen LogP contribution in [0, 0.1) is 5.82 Å². The van der Waals surface area contributed by atoms with Gasteiger partial charge in [0.1, 0.15) is 5.82 Å². The van der Waals surface area contributed by atoms with Gasteiger partial charge in [-0.3, -0.25) is 0 Å². The van der Waals surface area contributed by atoms with Crippen LogP contribution in [0.5, 0.6) is 0 Å².